The molecule has 2 aromatic heterocycles. The van der Waals surface area contributed by atoms with Crippen LogP contribution in [-0.4, -0.2) is 20.0 Å². The van der Waals surface area contributed by atoms with Gasteiger partial charge in [-0.2, -0.15) is 5.10 Å². The Morgan fingerprint density at radius 1 is 1.44 bits per heavy atom. The Balaban J connectivity index is 2.54. The minimum Gasteiger partial charge on any atom is -0.374 e. The second kappa shape index (κ2) is 4.85. The van der Waals surface area contributed by atoms with Crippen LogP contribution in [0.5, 0.6) is 0 Å². The van der Waals surface area contributed by atoms with Crippen molar-refractivity contribution < 1.29 is 0 Å². The molecule has 18 heavy (non-hydrogen) atoms. The lowest BCUT2D eigenvalue weighted by molar-refractivity contribution is 0.461. The molecule has 6 nitrogen and oxygen atoms in total. The smallest absolute Gasteiger partial charge is 0.277 e. The lowest BCUT2D eigenvalue weighted by atomic mass is 10.2. The average molecular weight is 265 g/mol. The molecular formula is C11H15N5OS. The predicted molar refractivity (Wildman–Crippen MR) is 71.4 cm³/mol. The normalized spacial score (nSPS) is 11.1. The minimum atomic E-state index is -0.148. The Labute approximate surface area is 108 Å². The van der Waals surface area contributed by atoms with Gasteiger partial charge in [-0.1, -0.05) is 25.2 Å². The van der Waals surface area contributed by atoms with Crippen molar-refractivity contribution in [3.05, 3.63) is 22.1 Å². The number of nitrogens with zero attached hydrogens (tertiary/aromatic N) is 4. The summed E-state index contributed by atoms with van der Waals surface area (Å²) in [5, 5.41) is 12.8. The van der Waals surface area contributed by atoms with Crippen molar-refractivity contribution in [3.63, 3.8) is 0 Å². The lowest BCUT2D eigenvalue weighted by Crippen LogP contribution is -2.27. The van der Waals surface area contributed by atoms with Gasteiger partial charge in [-0.05, 0) is 18.9 Å². The molecule has 0 unspecified atom stereocenters. The zero-order chi connectivity index (χ0) is 13.3. The molecule has 0 saturated carbocycles. The molecule has 0 aliphatic rings. The number of aryl methyl sites for hydroxylation is 1. The second-order valence-electron chi connectivity index (χ2n) is 4.53. The SMILES string of the molecule is Cc1cc(-c2nnc(N)s2)c(=O)n(CC(C)C)n1. The standard InChI is InChI=1S/C11H15N5OS/c1-6(2)5-16-10(17)8(4-7(3)15-16)9-13-14-11(12)18-9/h4,6H,5H2,1-3H3,(H2,12,14). The predicted octanol–water partition coefficient (Wildman–Crippen LogP) is 1.31. The molecule has 0 saturated heterocycles. The van der Waals surface area contributed by atoms with Gasteiger partial charge in [0.15, 0.2) is 5.01 Å². The molecule has 2 heterocycles. The average Bonchev–Trinajstić information content (AvgIpc) is 2.69. The van der Waals surface area contributed by atoms with Gasteiger partial charge in [-0.15, -0.1) is 10.2 Å². The molecule has 0 bridgehead atoms. The molecular weight excluding hydrogens is 250 g/mol. The van der Waals surface area contributed by atoms with Crippen molar-refractivity contribution in [1.82, 2.24) is 20.0 Å². The zero-order valence-corrected chi connectivity index (χ0v) is 11.4. The van der Waals surface area contributed by atoms with Crippen molar-refractivity contribution in [3.8, 4) is 10.6 Å². The van der Waals surface area contributed by atoms with Crippen molar-refractivity contribution in [1.29, 1.82) is 0 Å². The molecule has 96 valence electrons. The zero-order valence-electron chi connectivity index (χ0n) is 10.5. The first kappa shape index (κ1) is 12.7. The van der Waals surface area contributed by atoms with Gasteiger partial charge in [-0.3, -0.25) is 4.79 Å². The van der Waals surface area contributed by atoms with E-state index in [1.54, 1.807) is 6.07 Å². The third-order valence-corrected chi connectivity index (χ3v) is 3.09. The summed E-state index contributed by atoms with van der Waals surface area (Å²) in [6, 6.07) is 1.72. The van der Waals surface area contributed by atoms with E-state index in [2.05, 4.69) is 15.3 Å². The highest BCUT2D eigenvalue weighted by Crippen LogP contribution is 2.21. The summed E-state index contributed by atoms with van der Waals surface area (Å²) in [7, 11) is 0. The summed E-state index contributed by atoms with van der Waals surface area (Å²) in [6.07, 6.45) is 0. The number of anilines is 1. The molecule has 2 aromatic rings. The van der Waals surface area contributed by atoms with Gasteiger partial charge >= 0.3 is 0 Å². The van der Waals surface area contributed by atoms with Crippen LogP contribution in [0.4, 0.5) is 5.13 Å². The lowest BCUT2D eigenvalue weighted by Gasteiger charge is -2.09. The summed E-state index contributed by atoms with van der Waals surface area (Å²) in [5.74, 6) is 0.351. The fourth-order valence-electron chi connectivity index (χ4n) is 1.64. The van der Waals surface area contributed by atoms with Crippen LogP contribution in [0, 0.1) is 12.8 Å². The first-order valence-corrected chi connectivity index (χ1v) is 6.47. The number of nitrogens with two attached hydrogens (primary N) is 1. The van der Waals surface area contributed by atoms with E-state index in [9.17, 15) is 4.79 Å². The number of hydrogen-bond acceptors (Lipinski definition) is 6. The van der Waals surface area contributed by atoms with Crippen LogP contribution < -0.4 is 11.3 Å². The van der Waals surface area contributed by atoms with Crippen LogP contribution in [0.1, 0.15) is 19.5 Å². The van der Waals surface area contributed by atoms with Gasteiger partial charge < -0.3 is 5.73 Å². The molecule has 0 aliphatic carbocycles. The maximum atomic E-state index is 12.3. The third-order valence-electron chi connectivity index (χ3n) is 2.31. The Bertz CT molecular complexity index is 616. The van der Waals surface area contributed by atoms with E-state index >= 15 is 0 Å². The summed E-state index contributed by atoms with van der Waals surface area (Å²) in [6.45, 7) is 6.52. The van der Waals surface area contributed by atoms with Crippen LogP contribution in [0.15, 0.2) is 10.9 Å². The van der Waals surface area contributed by atoms with Crippen LogP contribution >= 0.6 is 11.3 Å². The molecule has 0 spiro atoms. The summed E-state index contributed by atoms with van der Waals surface area (Å²) in [5.41, 5.74) is 6.68. The number of hydrogen-bond donors (Lipinski definition) is 1. The molecule has 2 N–H and O–H groups in total. The third kappa shape index (κ3) is 2.56. The quantitative estimate of drug-likeness (QED) is 0.904. The number of aromatic nitrogens is 4. The monoisotopic (exact) mass is 265 g/mol. The highest BCUT2D eigenvalue weighted by molar-refractivity contribution is 7.18. The largest absolute Gasteiger partial charge is 0.374 e. The fourth-order valence-corrected chi connectivity index (χ4v) is 2.26. The summed E-state index contributed by atoms with van der Waals surface area (Å²) >= 11 is 1.21. The highest BCUT2D eigenvalue weighted by atomic mass is 32.1. The van der Waals surface area contributed by atoms with E-state index in [0.29, 0.717) is 28.2 Å². The van der Waals surface area contributed by atoms with Gasteiger partial charge in [-0.25, -0.2) is 4.68 Å². The van der Waals surface area contributed by atoms with E-state index in [1.165, 1.54) is 16.0 Å². The van der Waals surface area contributed by atoms with Crippen molar-refractivity contribution in [2.45, 2.75) is 27.3 Å². The maximum absolute atomic E-state index is 12.3. The molecule has 7 heteroatoms. The maximum Gasteiger partial charge on any atom is 0.277 e. The van der Waals surface area contributed by atoms with Crippen LogP contribution in [0.3, 0.4) is 0 Å². The van der Waals surface area contributed by atoms with Crippen LogP contribution in [0.2, 0.25) is 0 Å². The molecule has 0 aromatic carbocycles. The number of rotatable bonds is 3. The van der Waals surface area contributed by atoms with Crippen LogP contribution in [-0.2, 0) is 6.54 Å². The molecule has 2 rings (SSSR count). The van der Waals surface area contributed by atoms with Gasteiger partial charge in [0.25, 0.3) is 5.56 Å². The van der Waals surface area contributed by atoms with Gasteiger partial charge in [0, 0.05) is 6.54 Å². The topological polar surface area (TPSA) is 86.7 Å². The van der Waals surface area contributed by atoms with E-state index in [-0.39, 0.29) is 5.56 Å². The first-order valence-electron chi connectivity index (χ1n) is 5.65. The second-order valence-corrected chi connectivity index (χ2v) is 5.54. The summed E-state index contributed by atoms with van der Waals surface area (Å²) < 4.78 is 1.48. The summed E-state index contributed by atoms with van der Waals surface area (Å²) in [4.78, 5) is 12.3. The van der Waals surface area contributed by atoms with Crippen LogP contribution in [0.25, 0.3) is 10.6 Å². The Hall–Kier alpha value is -1.76. The van der Waals surface area contributed by atoms with Crippen molar-refractivity contribution in [2.75, 3.05) is 5.73 Å². The molecule has 0 aliphatic heterocycles. The molecule has 0 fully saturated rings. The first-order chi connectivity index (χ1) is 8.47. The van der Waals surface area contributed by atoms with E-state index in [1.807, 2.05) is 20.8 Å². The molecule has 0 amide bonds. The van der Waals surface area contributed by atoms with E-state index in [4.69, 9.17) is 5.73 Å². The Morgan fingerprint density at radius 2 is 2.17 bits per heavy atom. The molecule has 0 atom stereocenters. The Kier molecular flexibility index (Phi) is 3.42. The Morgan fingerprint density at radius 3 is 2.72 bits per heavy atom. The van der Waals surface area contributed by atoms with Crippen molar-refractivity contribution in [2.24, 2.45) is 5.92 Å². The van der Waals surface area contributed by atoms with Gasteiger partial charge in [0.1, 0.15) is 0 Å². The van der Waals surface area contributed by atoms with Gasteiger partial charge in [0.05, 0.1) is 11.3 Å². The fraction of sp³-hybridized carbons (Fsp3) is 0.455. The molecule has 0 radical (unpaired) electrons. The highest BCUT2D eigenvalue weighted by Gasteiger charge is 2.13. The minimum absolute atomic E-state index is 0.148. The van der Waals surface area contributed by atoms with E-state index in [0.717, 1.165) is 5.69 Å². The van der Waals surface area contributed by atoms with E-state index < -0.39 is 0 Å². The number of nitrogen functional groups attached to an aromatic ring is 1. The van der Waals surface area contributed by atoms with Crippen molar-refractivity contribution >= 4 is 16.5 Å². The van der Waals surface area contributed by atoms with Gasteiger partial charge in [0.2, 0.25) is 5.13 Å².